The van der Waals surface area contributed by atoms with E-state index < -0.39 is 10.0 Å². The lowest BCUT2D eigenvalue weighted by molar-refractivity contribution is -0.121. The maximum Gasteiger partial charge on any atom is 0.263 e. The fraction of sp³-hybridized carbons (Fsp3) is 0.500. The Morgan fingerprint density at radius 1 is 1.24 bits per heavy atom. The van der Waals surface area contributed by atoms with Gasteiger partial charge in [-0.3, -0.25) is 14.5 Å². The fourth-order valence-corrected chi connectivity index (χ4v) is 3.61. The molecule has 2 rings (SSSR count). The highest BCUT2D eigenvalue weighted by Gasteiger charge is 2.29. The molecule has 0 bridgehead atoms. The minimum Gasteiger partial charge on any atom is -0.383 e. The van der Waals surface area contributed by atoms with Crippen LogP contribution in [0.5, 0.6) is 0 Å². The van der Waals surface area contributed by atoms with Crippen molar-refractivity contribution in [1.82, 2.24) is 15.4 Å². The molecule has 0 aromatic heterocycles. The lowest BCUT2D eigenvalue weighted by Crippen LogP contribution is -2.33. The summed E-state index contributed by atoms with van der Waals surface area (Å²) in [4.78, 5) is 16.2. The zero-order valence-corrected chi connectivity index (χ0v) is 15.1. The number of carbonyl (C=O) groups excluding carboxylic acids is 1. The van der Waals surface area contributed by atoms with E-state index in [1.165, 1.54) is 0 Å². The van der Waals surface area contributed by atoms with E-state index in [2.05, 4.69) is 20.3 Å². The third-order valence-electron chi connectivity index (χ3n) is 3.60. The molecular formula is C16H24N4O4S. The predicted molar refractivity (Wildman–Crippen MR) is 95.2 cm³/mol. The highest BCUT2D eigenvalue weighted by atomic mass is 32.2. The van der Waals surface area contributed by atoms with Crippen molar-refractivity contribution >= 4 is 21.8 Å². The zero-order valence-electron chi connectivity index (χ0n) is 14.2. The molecule has 0 atom stereocenters. The number of fused-ring (bicyclic) bond motifs is 1. The Kier molecular flexibility index (Phi) is 7.35. The first-order valence-corrected chi connectivity index (χ1v) is 9.66. The summed E-state index contributed by atoms with van der Waals surface area (Å²) in [6.45, 7) is 3.02. The van der Waals surface area contributed by atoms with E-state index in [1.54, 1.807) is 31.4 Å². The number of methoxy groups -OCH3 is 1. The molecule has 8 nitrogen and oxygen atoms in total. The Morgan fingerprint density at radius 2 is 2.04 bits per heavy atom. The van der Waals surface area contributed by atoms with Crippen molar-refractivity contribution in [3.8, 4) is 0 Å². The van der Waals surface area contributed by atoms with Crippen LogP contribution < -0.4 is 15.4 Å². The van der Waals surface area contributed by atoms with Gasteiger partial charge in [-0.25, -0.2) is 8.42 Å². The van der Waals surface area contributed by atoms with E-state index >= 15 is 0 Å². The Morgan fingerprint density at radius 3 is 2.84 bits per heavy atom. The molecule has 9 heteroatoms. The first-order valence-electron chi connectivity index (χ1n) is 8.17. The number of benzene rings is 1. The lowest BCUT2D eigenvalue weighted by atomic mass is 10.2. The van der Waals surface area contributed by atoms with Gasteiger partial charge >= 0.3 is 0 Å². The van der Waals surface area contributed by atoms with Gasteiger partial charge in [0.1, 0.15) is 5.84 Å². The molecule has 1 aliphatic heterocycles. The maximum absolute atomic E-state index is 11.9. The average molecular weight is 368 g/mol. The Labute approximate surface area is 148 Å². The van der Waals surface area contributed by atoms with Crippen LogP contribution in [0.1, 0.15) is 18.4 Å². The van der Waals surface area contributed by atoms with Gasteiger partial charge in [0.25, 0.3) is 10.0 Å². The van der Waals surface area contributed by atoms with Gasteiger partial charge in [-0.15, -0.1) is 0 Å². The first-order chi connectivity index (χ1) is 12.0. The summed E-state index contributed by atoms with van der Waals surface area (Å²) < 4.78 is 31.2. The van der Waals surface area contributed by atoms with Crippen molar-refractivity contribution in [3.05, 3.63) is 29.8 Å². The summed E-state index contributed by atoms with van der Waals surface area (Å²) in [7, 11) is -1.87. The van der Waals surface area contributed by atoms with Crippen molar-refractivity contribution in [2.45, 2.75) is 17.7 Å². The molecule has 138 valence electrons. The second kappa shape index (κ2) is 9.50. The summed E-state index contributed by atoms with van der Waals surface area (Å²) in [5.41, 5.74) is 0.578. The van der Waals surface area contributed by atoms with Crippen LogP contribution in [0.3, 0.4) is 0 Å². The van der Waals surface area contributed by atoms with Crippen LogP contribution in [0.4, 0.5) is 0 Å². The molecule has 1 aliphatic rings. The SMILES string of the molecule is COCCNCCNC(=O)CCCN=C1NS(=O)(=O)c2ccccc21. The average Bonchev–Trinajstić information content (AvgIpc) is 2.86. The fourth-order valence-electron chi connectivity index (χ4n) is 2.36. The molecule has 1 aromatic carbocycles. The largest absolute Gasteiger partial charge is 0.383 e. The summed E-state index contributed by atoms with van der Waals surface area (Å²) in [5, 5.41) is 5.95. The molecule has 3 N–H and O–H groups in total. The normalized spacial score (nSPS) is 16.4. The van der Waals surface area contributed by atoms with Gasteiger partial charge in [-0.05, 0) is 18.6 Å². The summed E-state index contributed by atoms with van der Waals surface area (Å²) in [6, 6.07) is 6.71. The summed E-state index contributed by atoms with van der Waals surface area (Å²) in [5.74, 6) is 0.305. The van der Waals surface area contributed by atoms with E-state index in [4.69, 9.17) is 4.74 Å². The van der Waals surface area contributed by atoms with E-state index in [9.17, 15) is 13.2 Å². The molecule has 0 unspecified atom stereocenters. The van der Waals surface area contributed by atoms with Gasteiger partial charge in [-0.1, -0.05) is 12.1 Å². The van der Waals surface area contributed by atoms with Crippen molar-refractivity contribution in [2.24, 2.45) is 4.99 Å². The number of aliphatic imine (C=N–C) groups is 1. The third-order valence-corrected chi connectivity index (χ3v) is 5.00. The zero-order chi connectivity index (χ0) is 18.1. The minimum atomic E-state index is -3.51. The second-order valence-electron chi connectivity index (χ2n) is 5.53. The number of ether oxygens (including phenoxy) is 1. The number of nitrogens with zero attached hydrogens (tertiary/aromatic N) is 1. The Hall–Kier alpha value is -1.97. The smallest absolute Gasteiger partial charge is 0.263 e. The van der Waals surface area contributed by atoms with Gasteiger partial charge in [0.05, 0.1) is 11.5 Å². The molecule has 1 aromatic rings. The van der Waals surface area contributed by atoms with Crippen LogP contribution in [0.25, 0.3) is 0 Å². The van der Waals surface area contributed by atoms with E-state index in [0.29, 0.717) is 50.5 Å². The molecular weight excluding hydrogens is 344 g/mol. The number of sulfonamides is 1. The topological polar surface area (TPSA) is 109 Å². The van der Waals surface area contributed by atoms with Crippen LogP contribution in [0.2, 0.25) is 0 Å². The number of hydrogen-bond donors (Lipinski definition) is 3. The van der Waals surface area contributed by atoms with Crippen molar-refractivity contribution in [3.63, 3.8) is 0 Å². The van der Waals surface area contributed by atoms with Crippen LogP contribution >= 0.6 is 0 Å². The van der Waals surface area contributed by atoms with Crippen LogP contribution in [-0.2, 0) is 19.6 Å². The minimum absolute atomic E-state index is 0.0406. The first kappa shape index (κ1) is 19.4. The monoisotopic (exact) mass is 368 g/mol. The van der Waals surface area contributed by atoms with E-state index in [1.807, 2.05) is 0 Å². The number of amidine groups is 1. The number of rotatable bonds is 10. The van der Waals surface area contributed by atoms with E-state index in [0.717, 1.165) is 6.54 Å². The number of amides is 1. The molecule has 0 fully saturated rings. The van der Waals surface area contributed by atoms with Gasteiger partial charge in [0.15, 0.2) is 0 Å². The molecule has 1 heterocycles. The molecule has 1 amide bonds. The van der Waals surface area contributed by atoms with Crippen molar-refractivity contribution in [1.29, 1.82) is 0 Å². The second-order valence-corrected chi connectivity index (χ2v) is 7.18. The molecule has 0 saturated carbocycles. The van der Waals surface area contributed by atoms with Crippen LogP contribution in [-0.4, -0.2) is 60.1 Å². The van der Waals surface area contributed by atoms with Gasteiger partial charge in [0, 0.05) is 45.3 Å². The Bertz CT molecular complexity index is 719. The van der Waals surface area contributed by atoms with Gasteiger partial charge in [0.2, 0.25) is 5.91 Å². The highest BCUT2D eigenvalue weighted by molar-refractivity contribution is 7.90. The number of carbonyl (C=O) groups is 1. The number of hydrogen-bond acceptors (Lipinski definition) is 6. The summed E-state index contributed by atoms with van der Waals surface area (Å²) in [6.07, 6.45) is 0.902. The van der Waals surface area contributed by atoms with Crippen molar-refractivity contribution < 1.29 is 17.9 Å². The molecule has 0 spiro atoms. The maximum atomic E-state index is 11.9. The Balaban J connectivity index is 1.69. The molecule has 0 aliphatic carbocycles. The molecule has 0 saturated heterocycles. The standard InChI is InChI=1S/C16H24N4O4S/c1-24-12-11-17-9-10-18-15(21)7-4-8-19-16-13-5-2-3-6-14(13)25(22,23)20-16/h2-3,5-6,17H,4,7-12H2,1H3,(H,18,21)(H,19,20). The van der Waals surface area contributed by atoms with Crippen molar-refractivity contribution in [2.75, 3.05) is 39.9 Å². The number of nitrogens with one attached hydrogen (secondary N) is 3. The van der Waals surface area contributed by atoms with Crippen LogP contribution in [0.15, 0.2) is 34.2 Å². The van der Waals surface area contributed by atoms with E-state index in [-0.39, 0.29) is 10.8 Å². The quantitative estimate of drug-likeness (QED) is 0.498. The highest BCUT2D eigenvalue weighted by Crippen LogP contribution is 2.22. The van der Waals surface area contributed by atoms with Gasteiger partial charge < -0.3 is 15.4 Å². The molecule has 0 radical (unpaired) electrons. The van der Waals surface area contributed by atoms with Crippen LogP contribution in [0, 0.1) is 0 Å². The summed E-state index contributed by atoms with van der Waals surface area (Å²) >= 11 is 0. The lowest BCUT2D eigenvalue weighted by Gasteiger charge is -2.06. The molecule has 25 heavy (non-hydrogen) atoms. The third kappa shape index (κ3) is 5.80. The predicted octanol–water partition coefficient (Wildman–Crippen LogP) is -0.142. The van der Waals surface area contributed by atoms with Gasteiger partial charge in [-0.2, -0.15) is 0 Å².